The van der Waals surface area contributed by atoms with Crippen LogP contribution in [0.3, 0.4) is 0 Å². The second kappa shape index (κ2) is 3.90. The van der Waals surface area contributed by atoms with E-state index in [-0.39, 0.29) is 11.7 Å². The Hall–Kier alpha value is -1.32. The maximum atomic E-state index is 11.2. The van der Waals surface area contributed by atoms with E-state index in [1.165, 1.54) is 12.6 Å². The SMILES string of the molecule is CC(C)CNC(=O)c1cnco1. The lowest BCUT2D eigenvalue weighted by Crippen LogP contribution is -2.26. The fourth-order valence-corrected chi connectivity index (χ4v) is 0.712. The van der Waals surface area contributed by atoms with Crippen LogP contribution in [0.2, 0.25) is 0 Å². The molecule has 0 radical (unpaired) electrons. The number of nitrogens with zero attached hydrogens (tertiary/aromatic N) is 1. The molecule has 1 aromatic rings. The summed E-state index contributed by atoms with van der Waals surface area (Å²) in [5.74, 6) is 0.494. The maximum Gasteiger partial charge on any atom is 0.288 e. The number of rotatable bonds is 3. The number of carbonyl (C=O) groups excluding carboxylic acids is 1. The first-order chi connectivity index (χ1) is 5.70. The van der Waals surface area contributed by atoms with Gasteiger partial charge in [-0.25, -0.2) is 4.98 Å². The van der Waals surface area contributed by atoms with Crippen LogP contribution in [0, 0.1) is 5.92 Å². The molecule has 1 rings (SSSR count). The van der Waals surface area contributed by atoms with E-state index in [4.69, 9.17) is 4.42 Å². The van der Waals surface area contributed by atoms with Crippen molar-refractivity contribution in [2.24, 2.45) is 5.92 Å². The Bertz CT molecular complexity index is 242. The van der Waals surface area contributed by atoms with Crippen molar-refractivity contribution >= 4 is 5.91 Å². The summed E-state index contributed by atoms with van der Waals surface area (Å²) in [5, 5.41) is 2.71. The van der Waals surface area contributed by atoms with Crippen LogP contribution in [0.25, 0.3) is 0 Å². The van der Waals surface area contributed by atoms with E-state index in [1.54, 1.807) is 0 Å². The molecule has 0 fully saturated rings. The Labute approximate surface area is 71.0 Å². The Balaban J connectivity index is 2.40. The molecule has 4 nitrogen and oxygen atoms in total. The van der Waals surface area contributed by atoms with Gasteiger partial charge in [-0.2, -0.15) is 0 Å². The highest BCUT2D eigenvalue weighted by atomic mass is 16.3. The zero-order chi connectivity index (χ0) is 8.97. The molecule has 0 aliphatic carbocycles. The van der Waals surface area contributed by atoms with Gasteiger partial charge in [0.05, 0.1) is 6.20 Å². The topological polar surface area (TPSA) is 55.1 Å². The second-order valence-corrected chi connectivity index (χ2v) is 2.97. The molecular formula is C8H12N2O2. The lowest BCUT2D eigenvalue weighted by molar-refractivity contribution is 0.0921. The highest BCUT2D eigenvalue weighted by Crippen LogP contribution is 1.96. The van der Waals surface area contributed by atoms with Crippen LogP contribution >= 0.6 is 0 Å². The Morgan fingerprint density at radius 1 is 1.75 bits per heavy atom. The predicted octanol–water partition coefficient (Wildman–Crippen LogP) is 1.06. The van der Waals surface area contributed by atoms with Gasteiger partial charge in [-0.05, 0) is 5.92 Å². The number of carbonyl (C=O) groups is 1. The third-order valence-corrected chi connectivity index (χ3v) is 1.33. The van der Waals surface area contributed by atoms with E-state index >= 15 is 0 Å². The molecule has 1 amide bonds. The molecule has 1 N–H and O–H groups in total. The Morgan fingerprint density at radius 2 is 2.50 bits per heavy atom. The zero-order valence-electron chi connectivity index (χ0n) is 7.20. The van der Waals surface area contributed by atoms with Gasteiger partial charge in [-0.1, -0.05) is 13.8 Å². The van der Waals surface area contributed by atoms with E-state index in [2.05, 4.69) is 10.3 Å². The average molecular weight is 168 g/mol. The largest absolute Gasteiger partial charge is 0.438 e. The van der Waals surface area contributed by atoms with Crippen LogP contribution in [-0.4, -0.2) is 17.4 Å². The molecule has 0 atom stereocenters. The molecule has 0 bridgehead atoms. The van der Waals surface area contributed by atoms with Crippen LogP contribution < -0.4 is 5.32 Å². The predicted molar refractivity (Wildman–Crippen MR) is 43.7 cm³/mol. The smallest absolute Gasteiger partial charge is 0.288 e. The molecule has 1 aromatic heterocycles. The summed E-state index contributed by atoms with van der Waals surface area (Å²) in [4.78, 5) is 14.8. The molecule has 1 heterocycles. The van der Waals surface area contributed by atoms with Crippen molar-refractivity contribution in [1.82, 2.24) is 10.3 Å². The summed E-state index contributed by atoms with van der Waals surface area (Å²) in [7, 11) is 0. The zero-order valence-corrected chi connectivity index (χ0v) is 7.20. The summed E-state index contributed by atoms with van der Waals surface area (Å²) < 4.78 is 4.80. The number of aromatic nitrogens is 1. The quantitative estimate of drug-likeness (QED) is 0.734. The number of oxazole rings is 1. The third-order valence-electron chi connectivity index (χ3n) is 1.33. The molecule has 12 heavy (non-hydrogen) atoms. The van der Waals surface area contributed by atoms with Gasteiger partial charge in [-0.15, -0.1) is 0 Å². The minimum atomic E-state index is -0.207. The molecule has 0 unspecified atom stereocenters. The van der Waals surface area contributed by atoms with Crippen molar-refractivity contribution in [3.8, 4) is 0 Å². The van der Waals surface area contributed by atoms with E-state index in [0.29, 0.717) is 12.5 Å². The maximum absolute atomic E-state index is 11.2. The lowest BCUT2D eigenvalue weighted by atomic mass is 10.2. The van der Waals surface area contributed by atoms with Gasteiger partial charge in [0.25, 0.3) is 5.91 Å². The normalized spacial score (nSPS) is 10.2. The first-order valence-corrected chi connectivity index (χ1v) is 3.87. The molecular weight excluding hydrogens is 156 g/mol. The number of hydrogen-bond donors (Lipinski definition) is 1. The lowest BCUT2D eigenvalue weighted by Gasteiger charge is -2.04. The van der Waals surface area contributed by atoms with Gasteiger partial charge < -0.3 is 9.73 Å². The van der Waals surface area contributed by atoms with E-state index in [1.807, 2.05) is 13.8 Å². The monoisotopic (exact) mass is 168 g/mol. The first-order valence-electron chi connectivity index (χ1n) is 3.87. The Morgan fingerprint density at radius 3 is 3.00 bits per heavy atom. The molecule has 0 saturated heterocycles. The van der Waals surface area contributed by atoms with E-state index in [0.717, 1.165) is 0 Å². The van der Waals surface area contributed by atoms with Crippen LogP contribution in [-0.2, 0) is 0 Å². The molecule has 0 aliphatic rings. The highest BCUT2D eigenvalue weighted by Gasteiger charge is 2.08. The fraction of sp³-hybridized carbons (Fsp3) is 0.500. The van der Waals surface area contributed by atoms with Crippen molar-refractivity contribution in [2.75, 3.05) is 6.54 Å². The summed E-state index contributed by atoms with van der Waals surface area (Å²) >= 11 is 0. The molecule has 0 spiro atoms. The average Bonchev–Trinajstić information content (AvgIpc) is 2.51. The summed E-state index contributed by atoms with van der Waals surface area (Å²) in [5.41, 5.74) is 0. The minimum Gasteiger partial charge on any atom is -0.438 e. The van der Waals surface area contributed by atoms with Gasteiger partial charge in [0.2, 0.25) is 5.76 Å². The van der Waals surface area contributed by atoms with Gasteiger partial charge in [0.1, 0.15) is 0 Å². The van der Waals surface area contributed by atoms with E-state index in [9.17, 15) is 4.79 Å². The van der Waals surface area contributed by atoms with Gasteiger partial charge in [-0.3, -0.25) is 4.79 Å². The van der Waals surface area contributed by atoms with Crippen LogP contribution in [0.5, 0.6) is 0 Å². The first kappa shape index (κ1) is 8.77. The van der Waals surface area contributed by atoms with Crippen LogP contribution in [0.15, 0.2) is 17.0 Å². The highest BCUT2D eigenvalue weighted by molar-refractivity contribution is 5.90. The standard InChI is InChI=1S/C8H12N2O2/c1-6(2)3-10-8(11)7-4-9-5-12-7/h4-6H,3H2,1-2H3,(H,10,11). The number of amides is 1. The summed E-state index contributed by atoms with van der Waals surface area (Å²) in [6, 6.07) is 0. The Kier molecular flexibility index (Phi) is 2.85. The van der Waals surface area contributed by atoms with Crippen molar-refractivity contribution in [1.29, 1.82) is 0 Å². The molecule has 0 saturated carbocycles. The molecule has 4 heteroatoms. The van der Waals surface area contributed by atoms with Gasteiger partial charge in [0, 0.05) is 6.54 Å². The number of nitrogens with one attached hydrogen (secondary N) is 1. The van der Waals surface area contributed by atoms with Crippen molar-refractivity contribution < 1.29 is 9.21 Å². The fourth-order valence-electron chi connectivity index (χ4n) is 0.712. The van der Waals surface area contributed by atoms with Crippen molar-refractivity contribution in [2.45, 2.75) is 13.8 Å². The van der Waals surface area contributed by atoms with Crippen molar-refractivity contribution in [3.05, 3.63) is 18.4 Å². The molecule has 0 aliphatic heterocycles. The molecule has 66 valence electrons. The second-order valence-electron chi connectivity index (χ2n) is 2.97. The summed E-state index contributed by atoms with van der Waals surface area (Å²) in [6.45, 7) is 4.71. The van der Waals surface area contributed by atoms with Crippen LogP contribution in [0.4, 0.5) is 0 Å². The van der Waals surface area contributed by atoms with Crippen LogP contribution in [0.1, 0.15) is 24.4 Å². The van der Waals surface area contributed by atoms with E-state index < -0.39 is 0 Å². The van der Waals surface area contributed by atoms with Crippen molar-refractivity contribution in [3.63, 3.8) is 0 Å². The third kappa shape index (κ3) is 2.38. The number of hydrogen-bond acceptors (Lipinski definition) is 3. The summed E-state index contributed by atoms with van der Waals surface area (Å²) in [6.07, 6.45) is 2.64. The molecule has 0 aromatic carbocycles. The minimum absolute atomic E-state index is 0.207. The van der Waals surface area contributed by atoms with Gasteiger partial charge in [0.15, 0.2) is 6.39 Å². The van der Waals surface area contributed by atoms with Gasteiger partial charge >= 0.3 is 0 Å².